The van der Waals surface area contributed by atoms with E-state index in [1.807, 2.05) is 47.4 Å². The topological polar surface area (TPSA) is 25.2 Å². The quantitative estimate of drug-likeness (QED) is 0.561. The lowest BCUT2D eigenvalue weighted by Gasteiger charge is -2.22. The van der Waals surface area contributed by atoms with Gasteiger partial charge in [0.1, 0.15) is 0 Å². The molecule has 0 aliphatic heterocycles. The number of carbonyl (C=O) groups excluding carboxylic acids is 1. The molecule has 0 saturated heterocycles. The number of benzene rings is 2. The molecule has 1 saturated carbocycles. The maximum absolute atomic E-state index is 12.8. The van der Waals surface area contributed by atoms with Gasteiger partial charge in [-0.05, 0) is 42.2 Å². The summed E-state index contributed by atoms with van der Waals surface area (Å²) in [4.78, 5) is 14.8. The number of hydrogen-bond donors (Lipinski definition) is 0. The summed E-state index contributed by atoms with van der Waals surface area (Å²) in [5, 5.41) is 0. The van der Waals surface area contributed by atoms with Gasteiger partial charge in [-0.15, -0.1) is 0 Å². The summed E-state index contributed by atoms with van der Waals surface area (Å²) in [7, 11) is 0. The fourth-order valence-electron chi connectivity index (χ4n) is 3.30. The standard InChI is InChI=1S/C24H24N2O/c27-24(16-13-20-8-3-1-4-9-20)26(22-14-15-22)19-23-12-7-17-25(23)18-21-10-5-2-6-11-21/h1-13,16-17,22H,14-15,18-19H2. The molecule has 3 aromatic rings. The lowest BCUT2D eigenvalue weighted by atomic mass is 10.2. The molecule has 0 atom stereocenters. The van der Waals surface area contributed by atoms with Crippen LogP contribution in [-0.2, 0) is 17.9 Å². The monoisotopic (exact) mass is 356 g/mol. The molecule has 1 aliphatic rings. The van der Waals surface area contributed by atoms with Crippen molar-refractivity contribution < 1.29 is 4.79 Å². The number of nitrogens with zero attached hydrogens (tertiary/aromatic N) is 2. The molecule has 1 aliphatic carbocycles. The normalized spacial score (nSPS) is 13.8. The van der Waals surface area contributed by atoms with Crippen molar-refractivity contribution >= 4 is 12.0 Å². The van der Waals surface area contributed by atoms with Gasteiger partial charge in [-0.1, -0.05) is 60.7 Å². The first-order valence-corrected chi connectivity index (χ1v) is 9.51. The molecule has 0 spiro atoms. The van der Waals surface area contributed by atoms with Crippen LogP contribution in [0.5, 0.6) is 0 Å². The minimum absolute atomic E-state index is 0.0915. The third-order valence-electron chi connectivity index (χ3n) is 4.94. The molecule has 0 radical (unpaired) electrons. The van der Waals surface area contributed by atoms with Crippen molar-refractivity contribution in [1.29, 1.82) is 0 Å². The number of amides is 1. The van der Waals surface area contributed by atoms with Crippen LogP contribution in [-0.4, -0.2) is 21.4 Å². The van der Waals surface area contributed by atoms with Gasteiger partial charge in [0, 0.05) is 30.6 Å². The summed E-state index contributed by atoms with van der Waals surface area (Å²) in [6.07, 6.45) is 7.91. The highest BCUT2D eigenvalue weighted by Gasteiger charge is 2.32. The van der Waals surface area contributed by atoms with Gasteiger partial charge in [0.05, 0.1) is 6.54 Å². The van der Waals surface area contributed by atoms with Crippen LogP contribution in [0.3, 0.4) is 0 Å². The van der Waals surface area contributed by atoms with E-state index in [9.17, 15) is 4.79 Å². The molecule has 27 heavy (non-hydrogen) atoms. The van der Waals surface area contributed by atoms with Crippen LogP contribution in [0.25, 0.3) is 6.08 Å². The summed E-state index contributed by atoms with van der Waals surface area (Å²) < 4.78 is 2.24. The van der Waals surface area contributed by atoms with Crippen molar-refractivity contribution in [2.75, 3.05) is 0 Å². The minimum atomic E-state index is 0.0915. The van der Waals surface area contributed by atoms with E-state index in [1.165, 1.54) is 11.3 Å². The first-order valence-electron chi connectivity index (χ1n) is 9.51. The van der Waals surface area contributed by atoms with Gasteiger partial charge in [0.25, 0.3) is 0 Å². The van der Waals surface area contributed by atoms with E-state index in [4.69, 9.17) is 0 Å². The van der Waals surface area contributed by atoms with Crippen LogP contribution in [0.4, 0.5) is 0 Å². The lowest BCUT2D eigenvalue weighted by molar-refractivity contribution is -0.127. The van der Waals surface area contributed by atoms with Crippen molar-refractivity contribution in [3.8, 4) is 0 Å². The zero-order valence-corrected chi connectivity index (χ0v) is 15.4. The van der Waals surface area contributed by atoms with Gasteiger partial charge in [0.2, 0.25) is 5.91 Å². The third kappa shape index (κ3) is 4.56. The summed E-state index contributed by atoms with van der Waals surface area (Å²) in [5.41, 5.74) is 3.49. The Morgan fingerprint density at radius 2 is 1.67 bits per heavy atom. The second-order valence-corrected chi connectivity index (χ2v) is 7.05. The first kappa shape index (κ1) is 17.3. The molecule has 2 aromatic carbocycles. The second kappa shape index (κ2) is 8.09. The highest BCUT2D eigenvalue weighted by Crippen LogP contribution is 2.29. The molecule has 0 N–H and O–H groups in total. The number of rotatable bonds is 7. The molecule has 1 aromatic heterocycles. The highest BCUT2D eigenvalue weighted by atomic mass is 16.2. The van der Waals surface area contributed by atoms with Crippen LogP contribution in [0.2, 0.25) is 0 Å². The Kier molecular flexibility index (Phi) is 5.20. The Labute approximate surface area is 160 Å². The van der Waals surface area contributed by atoms with Gasteiger partial charge >= 0.3 is 0 Å². The SMILES string of the molecule is O=C(C=Cc1ccccc1)N(Cc1cccn1Cc1ccccc1)C1CC1. The van der Waals surface area contributed by atoms with E-state index in [0.29, 0.717) is 12.6 Å². The Balaban J connectivity index is 1.47. The molecule has 136 valence electrons. The van der Waals surface area contributed by atoms with E-state index < -0.39 is 0 Å². The van der Waals surface area contributed by atoms with Crippen molar-refractivity contribution in [3.63, 3.8) is 0 Å². The molecule has 1 fully saturated rings. The van der Waals surface area contributed by atoms with Gasteiger partial charge < -0.3 is 9.47 Å². The number of carbonyl (C=O) groups is 1. The Hall–Kier alpha value is -3.07. The van der Waals surface area contributed by atoms with Gasteiger partial charge in [-0.3, -0.25) is 4.79 Å². The fourth-order valence-corrected chi connectivity index (χ4v) is 3.30. The molecule has 0 unspecified atom stereocenters. The third-order valence-corrected chi connectivity index (χ3v) is 4.94. The van der Waals surface area contributed by atoms with Crippen molar-refractivity contribution in [1.82, 2.24) is 9.47 Å². The predicted molar refractivity (Wildman–Crippen MR) is 109 cm³/mol. The van der Waals surface area contributed by atoms with E-state index >= 15 is 0 Å². The van der Waals surface area contributed by atoms with Crippen LogP contribution < -0.4 is 0 Å². The molecule has 0 bridgehead atoms. The lowest BCUT2D eigenvalue weighted by Crippen LogP contribution is -2.32. The molecule has 3 nitrogen and oxygen atoms in total. The van der Waals surface area contributed by atoms with Crippen LogP contribution >= 0.6 is 0 Å². The average Bonchev–Trinajstić information content (AvgIpc) is 3.46. The Morgan fingerprint density at radius 1 is 0.963 bits per heavy atom. The van der Waals surface area contributed by atoms with Gasteiger partial charge in [0.15, 0.2) is 0 Å². The zero-order chi connectivity index (χ0) is 18.5. The van der Waals surface area contributed by atoms with Crippen LogP contribution in [0.1, 0.15) is 29.7 Å². The Morgan fingerprint density at radius 3 is 2.37 bits per heavy atom. The summed E-state index contributed by atoms with van der Waals surface area (Å²) in [6, 6.07) is 25.0. The van der Waals surface area contributed by atoms with Crippen molar-refractivity contribution in [2.24, 2.45) is 0 Å². The molecular formula is C24H24N2O. The van der Waals surface area contributed by atoms with E-state index in [-0.39, 0.29) is 5.91 Å². The number of hydrogen-bond acceptors (Lipinski definition) is 1. The highest BCUT2D eigenvalue weighted by molar-refractivity contribution is 5.92. The maximum Gasteiger partial charge on any atom is 0.247 e. The largest absolute Gasteiger partial charge is 0.345 e. The first-order chi connectivity index (χ1) is 13.3. The predicted octanol–water partition coefficient (Wildman–Crippen LogP) is 4.74. The zero-order valence-electron chi connectivity index (χ0n) is 15.4. The smallest absolute Gasteiger partial charge is 0.247 e. The van der Waals surface area contributed by atoms with Crippen molar-refractivity contribution in [3.05, 3.63) is 102 Å². The molecule has 1 heterocycles. The molecule has 4 rings (SSSR count). The molecular weight excluding hydrogens is 332 g/mol. The van der Waals surface area contributed by atoms with E-state index in [2.05, 4.69) is 47.2 Å². The molecule has 1 amide bonds. The van der Waals surface area contributed by atoms with E-state index in [0.717, 1.165) is 24.9 Å². The second-order valence-electron chi connectivity index (χ2n) is 7.05. The molecule has 3 heteroatoms. The average molecular weight is 356 g/mol. The maximum atomic E-state index is 12.8. The summed E-state index contributed by atoms with van der Waals surface area (Å²) in [6.45, 7) is 1.48. The fraction of sp³-hybridized carbons (Fsp3) is 0.208. The van der Waals surface area contributed by atoms with E-state index in [1.54, 1.807) is 6.08 Å². The van der Waals surface area contributed by atoms with Gasteiger partial charge in [-0.2, -0.15) is 0 Å². The van der Waals surface area contributed by atoms with Crippen LogP contribution in [0.15, 0.2) is 85.1 Å². The number of aromatic nitrogens is 1. The van der Waals surface area contributed by atoms with Crippen LogP contribution in [0, 0.1) is 0 Å². The summed E-state index contributed by atoms with van der Waals surface area (Å²) in [5.74, 6) is 0.0915. The minimum Gasteiger partial charge on any atom is -0.345 e. The van der Waals surface area contributed by atoms with Gasteiger partial charge in [-0.25, -0.2) is 0 Å². The van der Waals surface area contributed by atoms with Crippen molar-refractivity contribution in [2.45, 2.75) is 32.0 Å². The summed E-state index contributed by atoms with van der Waals surface area (Å²) >= 11 is 0. The Bertz CT molecular complexity index is 908.